The third-order valence-electron chi connectivity index (χ3n) is 5.66. The molecule has 4 aromatic heterocycles. The summed E-state index contributed by atoms with van der Waals surface area (Å²) in [5, 5.41) is 16.2. The smallest absolute Gasteiger partial charge is 0.267 e. The van der Waals surface area contributed by atoms with Gasteiger partial charge in [-0.3, -0.25) is 9.89 Å². The zero-order valence-electron chi connectivity index (χ0n) is 18.6. The highest BCUT2D eigenvalue weighted by Gasteiger charge is 2.14. The molecule has 0 saturated carbocycles. The fraction of sp³-hybridized carbons (Fsp3) is 0.120. The maximum absolute atomic E-state index is 12.4. The first-order valence-electron chi connectivity index (χ1n) is 11.0. The lowest BCUT2D eigenvalue weighted by Gasteiger charge is -2.09. The number of amides is 1. The number of benzene rings is 2. The minimum absolute atomic E-state index is 0.0653. The van der Waals surface area contributed by atoms with Gasteiger partial charge in [-0.2, -0.15) is 5.10 Å². The average Bonchev–Trinajstić information content (AvgIpc) is 3.56. The largest absolute Gasteiger partial charge is 0.351 e. The Morgan fingerprint density at radius 1 is 0.971 bits per heavy atom. The number of fused-ring (bicyclic) bond motifs is 3. The van der Waals surface area contributed by atoms with Gasteiger partial charge in [-0.25, -0.2) is 9.97 Å². The number of carbonyl (C=O) groups excluding carboxylic acids is 1. The van der Waals surface area contributed by atoms with Gasteiger partial charge in [0.1, 0.15) is 17.2 Å². The van der Waals surface area contributed by atoms with E-state index in [-0.39, 0.29) is 11.9 Å². The number of nitrogens with one attached hydrogen (secondary N) is 5. The molecule has 0 aliphatic carbocycles. The molecule has 1 amide bonds. The summed E-state index contributed by atoms with van der Waals surface area (Å²) in [6.07, 6.45) is 3.64. The summed E-state index contributed by atoms with van der Waals surface area (Å²) >= 11 is 0. The Bertz CT molecular complexity index is 1670. The van der Waals surface area contributed by atoms with Crippen LogP contribution in [0.25, 0.3) is 44.2 Å². The Balaban J connectivity index is 1.39. The first kappa shape index (κ1) is 20.0. The second-order valence-electron chi connectivity index (χ2n) is 8.55. The van der Waals surface area contributed by atoms with Crippen molar-refractivity contribution in [3.05, 3.63) is 66.6 Å². The standard InChI is InChI=1S/C25H22N8O/c1-13(2)28-25(34)21-10-14-3-4-15(11-20(14)30-21)22-31-23-18(7-8-26-23)24(32-22)29-17-5-6-19-16(9-17)12-27-33-19/h3-13,30H,1-2H3,(H,27,33)(H,28,34)(H2,26,29,31,32). The minimum Gasteiger partial charge on any atom is -0.351 e. The lowest BCUT2D eigenvalue weighted by molar-refractivity contribution is 0.0939. The molecular formula is C25H22N8O. The molecule has 9 heteroatoms. The summed E-state index contributed by atoms with van der Waals surface area (Å²) in [7, 11) is 0. The normalized spacial score (nSPS) is 11.6. The van der Waals surface area contributed by atoms with Crippen molar-refractivity contribution in [1.29, 1.82) is 0 Å². The van der Waals surface area contributed by atoms with Gasteiger partial charge in [-0.15, -0.1) is 0 Å². The predicted octanol–water partition coefficient (Wildman–Crippen LogP) is 4.86. The molecule has 34 heavy (non-hydrogen) atoms. The Morgan fingerprint density at radius 2 is 1.88 bits per heavy atom. The molecule has 6 aromatic rings. The predicted molar refractivity (Wildman–Crippen MR) is 133 cm³/mol. The molecule has 0 radical (unpaired) electrons. The summed E-state index contributed by atoms with van der Waals surface area (Å²) in [4.78, 5) is 28.4. The van der Waals surface area contributed by atoms with E-state index >= 15 is 0 Å². The number of anilines is 2. The molecule has 9 nitrogen and oxygen atoms in total. The van der Waals surface area contributed by atoms with Crippen molar-refractivity contribution in [3.63, 3.8) is 0 Å². The van der Waals surface area contributed by atoms with Gasteiger partial charge in [0.2, 0.25) is 0 Å². The highest BCUT2D eigenvalue weighted by molar-refractivity contribution is 5.99. The van der Waals surface area contributed by atoms with Crippen LogP contribution in [0.4, 0.5) is 11.5 Å². The van der Waals surface area contributed by atoms with Crippen LogP contribution in [-0.4, -0.2) is 42.1 Å². The Morgan fingerprint density at radius 3 is 2.76 bits per heavy atom. The number of nitrogens with zero attached hydrogens (tertiary/aromatic N) is 3. The Labute approximate surface area is 194 Å². The first-order chi connectivity index (χ1) is 16.5. The van der Waals surface area contributed by atoms with Crippen LogP contribution < -0.4 is 10.6 Å². The monoisotopic (exact) mass is 450 g/mol. The SMILES string of the molecule is CC(C)NC(=O)c1cc2ccc(-c3nc(Nc4ccc5[nH]ncc5c4)c4cc[nH]c4n3)cc2[nH]1. The van der Waals surface area contributed by atoms with Crippen molar-refractivity contribution in [2.24, 2.45) is 0 Å². The summed E-state index contributed by atoms with van der Waals surface area (Å²) in [5.74, 6) is 1.15. The average molecular weight is 451 g/mol. The van der Waals surface area contributed by atoms with Crippen LogP contribution in [0.5, 0.6) is 0 Å². The van der Waals surface area contributed by atoms with Crippen LogP contribution >= 0.6 is 0 Å². The van der Waals surface area contributed by atoms with E-state index < -0.39 is 0 Å². The fourth-order valence-corrected chi connectivity index (χ4v) is 4.05. The van der Waals surface area contributed by atoms with Crippen LogP contribution in [0.2, 0.25) is 0 Å². The number of aromatic amines is 3. The maximum Gasteiger partial charge on any atom is 0.267 e. The molecule has 0 unspecified atom stereocenters. The summed E-state index contributed by atoms with van der Waals surface area (Å²) in [6, 6.07) is 15.7. The van der Waals surface area contributed by atoms with E-state index in [4.69, 9.17) is 9.97 Å². The van der Waals surface area contributed by atoms with Gasteiger partial charge in [0.05, 0.1) is 17.1 Å². The van der Waals surface area contributed by atoms with E-state index in [1.54, 1.807) is 6.20 Å². The third-order valence-corrected chi connectivity index (χ3v) is 5.66. The molecular weight excluding hydrogens is 428 g/mol. The highest BCUT2D eigenvalue weighted by atomic mass is 16.1. The topological polar surface area (TPSA) is 127 Å². The van der Waals surface area contributed by atoms with Crippen LogP contribution in [0.1, 0.15) is 24.3 Å². The van der Waals surface area contributed by atoms with Crippen LogP contribution in [0.15, 0.2) is 60.9 Å². The van der Waals surface area contributed by atoms with Gasteiger partial charge < -0.3 is 20.6 Å². The highest BCUT2D eigenvalue weighted by Crippen LogP contribution is 2.29. The van der Waals surface area contributed by atoms with Crippen molar-refractivity contribution in [3.8, 4) is 11.4 Å². The molecule has 0 aliphatic heterocycles. The lowest BCUT2D eigenvalue weighted by atomic mass is 10.1. The van der Waals surface area contributed by atoms with E-state index in [1.807, 2.05) is 68.6 Å². The van der Waals surface area contributed by atoms with Crippen molar-refractivity contribution < 1.29 is 4.79 Å². The maximum atomic E-state index is 12.4. The van der Waals surface area contributed by atoms with Crippen molar-refractivity contribution in [2.45, 2.75) is 19.9 Å². The second-order valence-corrected chi connectivity index (χ2v) is 8.55. The summed E-state index contributed by atoms with van der Waals surface area (Å²) < 4.78 is 0. The van der Waals surface area contributed by atoms with Crippen molar-refractivity contribution in [1.82, 2.24) is 35.5 Å². The van der Waals surface area contributed by atoms with Gasteiger partial charge >= 0.3 is 0 Å². The summed E-state index contributed by atoms with van der Waals surface area (Å²) in [6.45, 7) is 3.87. The third kappa shape index (κ3) is 3.53. The lowest BCUT2D eigenvalue weighted by Crippen LogP contribution is -2.30. The number of rotatable bonds is 5. The van der Waals surface area contributed by atoms with Crippen LogP contribution in [0, 0.1) is 0 Å². The molecule has 0 spiro atoms. The number of carbonyl (C=O) groups is 1. The zero-order chi connectivity index (χ0) is 23.2. The van der Waals surface area contributed by atoms with E-state index in [1.165, 1.54) is 0 Å². The molecule has 0 saturated heterocycles. The Hall–Kier alpha value is -4.66. The molecule has 6 rings (SSSR count). The first-order valence-corrected chi connectivity index (χ1v) is 11.0. The van der Waals surface area contributed by atoms with Crippen LogP contribution in [0.3, 0.4) is 0 Å². The molecule has 168 valence electrons. The van der Waals surface area contributed by atoms with Gasteiger partial charge in [0.25, 0.3) is 5.91 Å². The second kappa shape index (κ2) is 7.73. The van der Waals surface area contributed by atoms with Gasteiger partial charge in [0, 0.05) is 39.8 Å². The molecule has 0 atom stereocenters. The molecule has 2 aromatic carbocycles. The van der Waals surface area contributed by atoms with Gasteiger partial charge in [0.15, 0.2) is 5.82 Å². The molecule has 5 N–H and O–H groups in total. The number of hydrogen-bond donors (Lipinski definition) is 5. The number of aromatic nitrogens is 6. The number of H-pyrrole nitrogens is 3. The van der Waals surface area contributed by atoms with Crippen molar-refractivity contribution in [2.75, 3.05) is 5.32 Å². The van der Waals surface area contributed by atoms with Crippen LogP contribution in [-0.2, 0) is 0 Å². The molecule has 0 bridgehead atoms. The van der Waals surface area contributed by atoms with E-state index in [0.29, 0.717) is 17.3 Å². The summed E-state index contributed by atoms with van der Waals surface area (Å²) in [5.41, 5.74) is 4.83. The molecule has 0 aliphatic rings. The minimum atomic E-state index is -0.127. The molecule has 4 heterocycles. The number of hydrogen-bond acceptors (Lipinski definition) is 5. The molecule has 0 fully saturated rings. The van der Waals surface area contributed by atoms with E-state index in [0.717, 1.165) is 44.1 Å². The van der Waals surface area contributed by atoms with E-state index in [9.17, 15) is 4.79 Å². The van der Waals surface area contributed by atoms with E-state index in [2.05, 4.69) is 30.8 Å². The Kier molecular flexibility index (Phi) is 4.54. The van der Waals surface area contributed by atoms with Gasteiger partial charge in [-0.05, 0) is 50.2 Å². The van der Waals surface area contributed by atoms with Crippen molar-refractivity contribution >= 4 is 50.3 Å². The van der Waals surface area contributed by atoms with Gasteiger partial charge in [-0.1, -0.05) is 12.1 Å². The quantitative estimate of drug-likeness (QED) is 0.256. The fourth-order valence-electron chi connectivity index (χ4n) is 4.05. The zero-order valence-corrected chi connectivity index (χ0v) is 18.6.